The van der Waals surface area contributed by atoms with Crippen molar-refractivity contribution >= 4 is 17.2 Å². The lowest BCUT2D eigenvalue weighted by atomic mass is 10.2. The van der Waals surface area contributed by atoms with E-state index < -0.39 is 0 Å². The first-order valence-electron chi connectivity index (χ1n) is 5.50. The molecule has 3 N–H and O–H groups in total. The van der Waals surface area contributed by atoms with Crippen LogP contribution < -0.4 is 11.1 Å². The van der Waals surface area contributed by atoms with E-state index in [0.717, 1.165) is 28.6 Å². The smallest absolute Gasteiger partial charge is 0.130 e. The van der Waals surface area contributed by atoms with Gasteiger partial charge in [0.25, 0.3) is 0 Å². The summed E-state index contributed by atoms with van der Waals surface area (Å²) in [6.45, 7) is 5.84. The van der Waals surface area contributed by atoms with E-state index in [0.29, 0.717) is 5.69 Å². The van der Waals surface area contributed by atoms with E-state index in [2.05, 4.69) is 15.3 Å². The van der Waals surface area contributed by atoms with Gasteiger partial charge < -0.3 is 11.1 Å². The Morgan fingerprint density at radius 1 is 0.941 bits per heavy atom. The summed E-state index contributed by atoms with van der Waals surface area (Å²) >= 11 is 0. The summed E-state index contributed by atoms with van der Waals surface area (Å²) in [4.78, 5) is 8.76. The van der Waals surface area contributed by atoms with E-state index in [9.17, 15) is 0 Å². The normalized spacial score (nSPS) is 10.3. The summed E-state index contributed by atoms with van der Waals surface area (Å²) in [5, 5.41) is 3.24. The monoisotopic (exact) mass is 228 g/mol. The summed E-state index contributed by atoms with van der Waals surface area (Å²) in [6.07, 6.45) is 0. The summed E-state index contributed by atoms with van der Waals surface area (Å²) in [5.41, 5.74) is 10.2. The maximum absolute atomic E-state index is 5.73. The van der Waals surface area contributed by atoms with Crippen LogP contribution in [0.3, 0.4) is 0 Å². The standard InChI is InChI=1S/C13H16N4/c1-8-4-6-12(10(3)15-8)17-13-7-5-11(14)9(2)16-13/h4-7H,14H2,1-3H3,(H,16,17). The van der Waals surface area contributed by atoms with E-state index in [4.69, 9.17) is 5.73 Å². The molecule has 4 heteroatoms. The third kappa shape index (κ3) is 2.53. The first-order chi connectivity index (χ1) is 8.06. The molecule has 2 aromatic rings. The first-order valence-corrected chi connectivity index (χ1v) is 5.50. The predicted molar refractivity (Wildman–Crippen MR) is 70.4 cm³/mol. The Balaban J connectivity index is 2.28. The van der Waals surface area contributed by atoms with Gasteiger partial charge in [0.05, 0.1) is 22.8 Å². The van der Waals surface area contributed by atoms with Gasteiger partial charge in [-0.25, -0.2) is 4.98 Å². The molecule has 4 nitrogen and oxygen atoms in total. The Bertz CT molecular complexity index is 549. The van der Waals surface area contributed by atoms with Crippen molar-refractivity contribution in [3.8, 4) is 0 Å². The third-order valence-electron chi connectivity index (χ3n) is 2.61. The fraction of sp³-hybridized carbons (Fsp3) is 0.231. The van der Waals surface area contributed by atoms with Crippen molar-refractivity contribution in [2.75, 3.05) is 11.1 Å². The molecule has 0 unspecified atom stereocenters. The maximum atomic E-state index is 5.73. The lowest BCUT2D eigenvalue weighted by molar-refractivity contribution is 1.12. The zero-order valence-corrected chi connectivity index (χ0v) is 10.3. The van der Waals surface area contributed by atoms with Crippen molar-refractivity contribution in [3.05, 3.63) is 41.3 Å². The van der Waals surface area contributed by atoms with Crippen molar-refractivity contribution in [1.29, 1.82) is 0 Å². The lowest BCUT2D eigenvalue weighted by Gasteiger charge is -2.10. The first kappa shape index (κ1) is 11.4. The Morgan fingerprint density at radius 2 is 1.71 bits per heavy atom. The minimum Gasteiger partial charge on any atom is -0.397 e. The van der Waals surface area contributed by atoms with Crippen molar-refractivity contribution in [2.24, 2.45) is 0 Å². The van der Waals surface area contributed by atoms with Crippen molar-refractivity contribution in [2.45, 2.75) is 20.8 Å². The second-order valence-corrected chi connectivity index (χ2v) is 4.08. The molecule has 0 aromatic carbocycles. The minimum absolute atomic E-state index is 0.703. The molecule has 0 saturated heterocycles. The van der Waals surface area contributed by atoms with Crippen LogP contribution in [-0.2, 0) is 0 Å². The van der Waals surface area contributed by atoms with Gasteiger partial charge in [0.15, 0.2) is 0 Å². The van der Waals surface area contributed by atoms with Crippen LogP contribution in [0.2, 0.25) is 0 Å². The zero-order valence-electron chi connectivity index (χ0n) is 10.3. The second-order valence-electron chi connectivity index (χ2n) is 4.08. The SMILES string of the molecule is Cc1ccc(Nc2ccc(N)c(C)n2)c(C)n1. The van der Waals surface area contributed by atoms with Crippen molar-refractivity contribution in [1.82, 2.24) is 9.97 Å². The summed E-state index contributed by atoms with van der Waals surface area (Å²) in [7, 11) is 0. The number of nitrogens with zero attached hydrogens (tertiary/aromatic N) is 2. The number of aryl methyl sites for hydroxylation is 3. The number of hydrogen-bond acceptors (Lipinski definition) is 4. The molecule has 0 amide bonds. The molecule has 88 valence electrons. The molecule has 17 heavy (non-hydrogen) atoms. The summed E-state index contributed by atoms with van der Waals surface area (Å²) in [5.74, 6) is 0.783. The van der Waals surface area contributed by atoms with Gasteiger partial charge in [-0.15, -0.1) is 0 Å². The number of nitrogen functional groups attached to an aromatic ring is 1. The van der Waals surface area contributed by atoms with Gasteiger partial charge in [-0.2, -0.15) is 0 Å². The number of nitrogens with two attached hydrogens (primary N) is 1. The van der Waals surface area contributed by atoms with Crippen LogP contribution in [0.15, 0.2) is 24.3 Å². The van der Waals surface area contributed by atoms with Crippen LogP contribution in [0.5, 0.6) is 0 Å². The van der Waals surface area contributed by atoms with E-state index >= 15 is 0 Å². The van der Waals surface area contributed by atoms with Gasteiger partial charge >= 0.3 is 0 Å². The van der Waals surface area contributed by atoms with Gasteiger partial charge in [-0.05, 0) is 45.0 Å². The van der Waals surface area contributed by atoms with Crippen LogP contribution in [-0.4, -0.2) is 9.97 Å². The molecule has 0 aliphatic rings. The van der Waals surface area contributed by atoms with Gasteiger partial charge in [0, 0.05) is 5.69 Å². The highest BCUT2D eigenvalue weighted by molar-refractivity contribution is 5.60. The molecule has 2 aromatic heterocycles. The molecule has 0 spiro atoms. The fourth-order valence-corrected chi connectivity index (χ4v) is 1.60. The lowest BCUT2D eigenvalue weighted by Crippen LogP contribution is -2.00. The van der Waals surface area contributed by atoms with Gasteiger partial charge in [0.1, 0.15) is 5.82 Å². The van der Waals surface area contributed by atoms with Crippen molar-refractivity contribution in [3.63, 3.8) is 0 Å². The molecule has 0 atom stereocenters. The molecule has 0 bridgehead atoms. The molecule has 0 fully saturated rings. The Morgan fingerprint density at radius 3 is 2.35 bits per heavy atom. The number of anilines is 3. The Labute approximate surface area is 101 Å². The number of pyridine rings is 2. The highest BCUT2D eigenvalue weighted by Crippen LogP contribution is 2.19. The van der Waals surface area contributed by atoms with Gasteiger partial charge in [-0.3, -0.25) is 4.98 Å². The molecule has 0 saturated carbocycles. The van der Waals surface area contributed by atoms with Crippen LogP contribution in [0.4, 0.5) is 17.2 Å². The summed E-state index contributed by atoms with van der Waals surface area (Å²) < 4.78 is 0. The quantitative estimate of drug-likeness (QED) is 0.829. The maximum Gasteiger partial charge on any atom is 0.130 e. The molecular formula is C13H16N4. The largest absolute Gasteiger partial charge is 0.397 e. The van der Waals surface area contributed by atoms with Crippen molar-refractivity contribution < 1.29 is 0 Å². The highest BCUT2D eigenvalue weighted by Gasteiger charge is 2.02. The van der Waals surface area contributed by atoms with Crippen LogP contribution in [0.25, 0.3) is 0 Å². The van der Waals surface area contributed by atoms with Gasteiger partial charge in [-0.1, -0.05) is 0 Å². The van der Waals surface area contributed by atoms with E-state index in [1.807, 2.05) is 45.0 Å². The third-order valence-corrected chi connectivity index (χ3v) is 2.61. The summed E-state index contributed by atoms with van der Waals surface area (Å²) in [6, 6.07) is 7.69. The van der Waals surface area contributed by atoms with Crippen LogP contribution in [0.1, 0.15) is 17.1 Å². The topological polar surface area (TPSA) is 63.8 Å². The average Bonchev–Trinajstić information content (AvgIpc) is 2.27. The number of aromatic nitrogens is 2. The average molecular weight is 228 g/mol. The van der Waals surface area contributed by atoms with Gasteiger partial charge in [0.2, 0.25) is 0 Å². The zero-order chi connectivity index (χ0) is 12.4. The molecule has 0 radical (unpaired) electrons. The number of hydrogen-bond donors (Lipinski definition) is 2. The minimum atomic E-state index is 0.703. The Kier molecular flexibility index (Phi) is 2.95. The molecular weight excluding hydrogens is 212 g/mol. The second kappa shape index (κ2) is 4.41. The fourth-order valence-electron chi connectivity index (χ4n) is 1.60. The Hall–Kier alpha value is -2.10. The van der Waals surface area contributed by atoms with E-state index in [-0.39, 0.29) is 0 Å². The number of rotatable bonds is 2. The van der Waals surface area contributed by atoms with E-state index in [1.54, 1.807) is 0 Å². The van der Waals surface area contributed by atoms with Crippen LogP contribution in [0, 0.1) is 20.8 Å². The molecule has 2 heterocycles. The van der Waals surface area contributed by atoms with Crippen LogP contribution >= 0.6 is 0 Å². The highest BCUT2D eigenvalue weighted by atomic mass is 15.0. The molecule has 0 aliphatic heterocycles. The van der Waals surface area contributed by atoms with E-state index in [1.165, 1.54) is 0 Å². The molecule has 0 aliphatic carbocycles. The number of nitrogens with one attached hydrogen (secondary N) is 1. The predicted octanol–water partition coefficient (Wildman–Crippen LogP) is 2.73. The molecule has 2 rings (SSSR count).